The van der Waals surface area contributed by atoms with Gasteiger partial charge in [-0.1, -0.05) is 32.6 Å². The number of ether oxygens (including phenoxy) is 1. The maximum Gasteiger partial charge on any atom is 0.232 e. The van der Waals surface area contributed by atoms with E-state index < -0.39 is 10.8 Å². The fraction of sp³-hybridized carbons (Fsp3) is 0.938. The van der Waals surface area contributed by atoms with E-state index in [0.717, 1.165) is 32.1 Å². The van der Waals surface area contributed by atoms with Crippen LogP contribution in [0.5, 0.6) is 0 Å². The van der Waals surface area contributed by atoms with Gasteiger partial charge in [0.25, 0.3) is 0 Å². The number of hydrogen-bond acceptors (Lipinski definition) is 3. The topological polar surface area (TPSA) is 55.4 Å². The Morgan fingerprint density at radius 2 is 1.81 bits per heavy atom. The second-order valence-corrected chi connectivity index (χ2v) is 8.17. The Hall–Kier alpha value is -0.420. The van der Waals surface area contributed by atoms with E-state index in [2.05, 4.69) is 12.2 Å². The van der Waals surface area contributed by atoms with Crippen molar-refractivity contribution in [2.75, 3.05) is 18.9 Å². The summed E-state index contributed by atoms with van der Waals surface area (Å²) >= 11 is 0. The molecular weight excluding hydrogens is 286 g/mol. The Bertz CT molecular complexity index is 355. The van der Waals surface area contributed by atoms with Crippen LogP contribution in [0, 0.1) is 5.92 Å². The number of nitrogens with one attached hydrogen (secondary N) is 1. The van der Waals surface area contributed by atoms with Gasteiger partial charge in [-0.3, -0.25) is 9.00 Å². The van der Waals surface area contributed by atoms with E-state index in [1.165, 1.54) is 19.3 Å². The van der Waals surface area contributed by atoms with Crippen LogP contribution in [-0.2, 0) is 20.3 Å². The normalized spacial score (nSPS) is 28.4. The van der Waals surface area contributed by atoms with Crippen molar-refractivity contribution in [3.8, 4) is 0 Å². The third-order valence-electron chi connectivity index (χ3n) is 4.74. The van der Waals surface area contributed by atoms with Gasteiger partial charge in [0.05, 0.1) is 12.7 Å². The molecule has 0 unspecified atom stereocenters. The molecule has 5 heteroatoms. The van der Waals surface area contributed by atoms with Crippen molar-refractivity contribution >= 4 is 16.7 Å². The summed E-state index contributed by atoms with van der Waals surface area (Å²) in [7, 11) is -0.994. The molecule has 0 aliphatic heterocycles. The lowest BCUT2D eigenvalue weighted by Crippen LogP contribution is -2.35. The van der Waals surface area contributed by atoms with Gasteiger partial charge in [-0.2, -0.15) is 0 Å². The summed E-state index contributed by atoms with van der Waals surface area (Å²) in [5.41, 5.74) is 0. The summed E-state index contributed by atoms with van der Waals surface area (Å²) < 4.78 is 17.9. The number of amides is 1. The first kappa shape index (κ1) is 16.9. The van der Waals surface area contributed by atoms with Crippen LogP contribution in [-0.4, -0.2) is 40.4 Å². The van der Waals surface area contributed by atoms with Gasteiger partial charge in [-0.15, -0.1) is 0 Å². The lowest BCUT2D eigenvalue weighted by Gasteiger charge is -2.28. The molecule has 2 rings (SSSR count). The Balaban J connectivity index is 1.55. The monoisotopic (exact) mass is 315 g/mol. The van der Waals surface area contributed by atoms with E-state index in [1.54, 1.807) is 0 Å². The van der Waals surface area contributed by atoms with Gasteiger partial charge in [0.15, 0.2) is 0 Å². The molecule has 2 aliphatic rings. The van der Waals surface area contributed by atoms with Crippen LogP contribution >= 0.6 is 0 Å². The van der Waals surface area contributed by atoms with Gasteiger partial charge < -0.3 is 10.1 Å². The average Bonchev–Trinajstić information content (AvgIpc) is 2.99. The van der Waals surface area contributed by atoms with Crippen molar-refractivity contribution in [2.45, 2.75) is 69.6 Å². The highest BCUT2D eigenvalue weighted by Gasteiger charge is 2.23. The standard InChI is InChI=1S/C16H29NO3S/c1-13-6-2-5-9-15(13)20-11-10-17-16(18)12-21(19)14-7-3-4-8-14/h13-15H,2-12H2,1H3,(H,17,18)/t13-,15-,21-/m1/s1. The van der Waals surface area contributed by atoms with Crippen LogP contribution < -0.4 is 5.32 Å². The largest absolute Gasteiger partial charge is 0.376 e. The van der Waals surface area contributed by atoms with E-state index in [4.69, 9.17) is 4.74 Å². The van der Waals surface area contributed by atoms with Gasteiger partial charge in [0.1, 0.15) is 5.75 Å². The van der Waals surface area contributed by atoms with Crippen LogP contribution in [0.25, 0.3) is 0 Å². The zero-order valence-corrected chi connectivity index (χ0v) is 14.0. The summed E-state index contributed by atoms with van der Waals surface area (Å²) in [5.74, 6) is 0.690. The third kappa shape index (κ3) is 5.70. The number of rotatable bonds is 7. The predicted octanol–water partition coefficient (Wildman–Crippen LogP) is 2.39. The number of carbonyl (C=O) groups excluding carboxylic acids is 1. The molecule has 1 N–H and O–H groups in total. The minimum atomic E-state index is -0.994. The first-order valence-electron chi connectivity index (χ1n) is 8.42. The zero-order valence-electron chi connectivity index (χ0n) is 13.1. The Kier molecular flexibility index (Phi) is 7.17. The van der Waals surface area contributed by atoms with Gasteiger partial charge >= 0.3 is 0 Å². The van der Waals surface area contributed by atoms with Crippen molar-refractivity contribution in [1.29, 1.82) is 0 Å². The first-order chi connectivity index (χ1) is 10.2. The van der Waals surface area contributed by atoms with Crippen molar-refractivity contribution in [2.24, 2.45) is 5.92 Å². The van der Waals surface area contributed by atoms with E-state index in [1.807, 2.05) is 0 Å². The molecule has 0 radical (unpaired) electrons. The molecule has 122 valence electrons. The van der Waals surface area contributed by atoms with Crippen LogP contribution in [0.3, 0.4) is 0 Å². The molecule has 2 aliphatic carbocycles. The second-order valence-electron chi connectivity index (χ2n) is 6.45. The highest BCUT2D eigenvalue weighted by atomic mass is 32.2. The molecule has 0 saturated heterocycles. The number of carbonyl (C=O) groups is 1. The maximum absolute atomic E-state index is 12.0. The van der Waals surface area contributed by atoms with Crippen molar-refractivity contribution in [1.82, 2.24) is 5.32 Å². The Morgan fingerprint density at radius 1 is 1.14 bits per heavy atom. The fourth-order valence-corrected chi connectivity index (χ4v) is 4.84. The van der Waals surface area contributed by atoms with Crippen molar-refractivity contribution in [3.05, 3.63) is 0 Å². The van der Waals surface area contributed by atoms with E-state index in [-0.39, 0.29) is 16.9 Å². The molecule has 2 fully saturated rings. The van der Waals surface area contributed by atoms with Crippen molar-refractivity contribution in [3.63, 3.8) is 0 Å². The fourth-order valence-electron chi connectivity index (χ4n) is 3.38. The van der Waals surface area contributed by atoms with E-state index in [0.29, 0.717) is 25.2 Å². The van der Waals surface area contributed by atoms with Crippen LogP contribution in [0.2, 0.25) is 0 Å². The molecule has 0 heterocycles. The molecule has 0 aromatic rings. The maximum atomic E-state index is 12.0. The van der Waals surface area contributed by atoms with Gasteiger partial charge in [0, 0.05) is 22.6 Å². The SMILES string of the molecule is C[C@@H]1CCCC[C@H]1OCCNC(=O)C[S@@](=O)C1CCCC1. The minimum absolute atomic E-state index is 0.0967. The highest BCUT2D eigenvalue weighted by Crippen LogP contribution is 2.26. The van der Waals surface area contributed by atoms with Crippen LogP contribution in [0.1, 0.15) is 58.3 Å². The molecular formula is C16H29NO3S. The Morgan fingerprint density at radius 3 is 2.52 bits per heavy atom. The summed E-state index contributed by atoms with van der Waals surface area (Å²) in [4.78, 5) is 11.8. The Labute approximate surface area is 130 Å². The molecule has 0 spiro atoms. The van der Waals surface area contributed by atoms with Gasteiger partial charge in [-0.05, 0) is 31.6 Å². The molecule has 21 heavy (non-hydrogen) atoms. The second kappa shape index (κ2) is 8.89. The molecule has 4 nitrogen and oxygen atoms in total. The summed E-state index contributed by atoms with van der Waals surface area (Å²) in [5, 5.41) is 3.08. The molecule has 0 bridgehead atoms. The molecule has 2 saturated carbocycles. The minimum Gasteiger partial charge on any atom is -0.376 e. The number of hydrogen-bond donors (Lipinski definition) is 1. The molecule has 1 amide bonds. The predicted molar refractivity (Wildman–Crippen MR) is 85.6 cm³/mol. The highest BCUT2D eigenvalue weighted by molar-refractivity contribution is 7.86. The van der Waals surface area contributed by atoms with Crippen LogP contribution in [0.4, 0.5) is 0 Å². The van der Waals surface area contributed by atoms with Gasteiger partial charge in [-0.25, -0.2) is 0 Å². The van der Waals surface area contributed by atoms with E-state index in [9.17, 15) is 9.00 Å². The molecule has 0 aromatic carbocycles. The van der Waals surface area contributed by atoms with Gasteiger partial charge in [0.2, 0.25) is 5.91 Å². The zero-order chi connectivity index (χ0) is 15.1. The van der Waals surface area contributed by atoms with Crippen LogP contribution in [0.15, 0.2) is 0 Å². The lowest BCUT2D eigenvalue weighted by molar-refractivity contribution is -0.119. The summed E-state index contributed by atoms with van der Waals surface area (Å²) in [6.45, 7) is 3.34. The summed E-state index contributed by atoms with van der Waals surface area (Å²) in [6.07, 6.45) is 9.65. The third-order valence-corrected chi connectivity index (χ3v) is 6.50. The van der Waals surface area contributed by atoms with Crippen molar-refractivity contribution < 1.29 is 13.7 Å². The first-order valence-corrected chi connectivity index (χ1v) is 9.80. The smallest absolute Gasteiger partial charge is 0.232 e. The van der Waals surface area contributed by atoms with E-state index >= 15 is 0 Å². The average molecular weight is 315 g/mol. The molecule has 3 atom stereocenters. The molecule has 0 aromatic heterocycles. The lowest BCUT2D eigenvalue weighted by atomic mass is 9.88. The summed E-state index contributed by atoms with van der Waals surface area (Å²) in [6, 6.07) is 0. The quantitative estimate of drug-likeness (QED) is 0.734.